The minimum atomic E-state index is -0.878. The molecule has 5 nitrogen and oxygen atoms in total. The van der Waals surface area contributed by atoms with Gasteiger partial charge in [-0.05, 0) is 12.1 Å². The summed E-state index contributed by atoms with van der Waals surface area (Å²) in [6.07, 6.45) is 0. The number of nitrogens with one attached hydrogen (secondary N) is 1. The highest BCUT2D eigenvalue weighted by molar-refractivity contribution is 6.00. The molecule has 0 aliphatic heterocycles. The second-order valence-electron chi connectivity index (χ2n) is 4.15. The van der Waals surface area contributed by atoms with Crippen molar-refractivity contribution in [3.63, 3.8) is 0 Å². The van der Waals surface area contributed by atoms with E-state index in [1.54, 1.807) is 0 Å². The lowest BCUT2D eigenvalue weighted by Crippen LogP contribution is -2.14. The largest absolute Gasteiger partial charge is 0.417 e. The van der Waals surface area contributed by atoms with Crippen LogP contribution < -0.4 is 5.32 Å². The lowest BCUT2D eigenvalue weighted by atomic mass is 10.2. The number of carbonyl (C=O) groups excluding carboxylic acids is 1. The zero-order valence-corrected chi connectivity index (χ0v) is 10.3. The number of para-hydroxylation sites is 1. The Hall–Kier alpha value is -2.31. The molecule has 0 radical (unpaired) electrons. The third kappa shape index (κ3) is 2.75. The van der Waals surface area contributed by atoms with Gasteiger partial charge < -0.3 is 9.73 Å². The van der Waals surface area contributed by atoms with Gasteiger partial charge in [0.2, 0.25) is 5.89 Å². The van der Waals surface area contributed by atoms with Crippen molar-refractivity contribution in [2.45, 2.75) is 19.8 Å². The third-order valence-electron chi connectivity index (χ3n) is 2.33. The highest BCUT2D eigenvalue weighted by Gasteiger charge is 2.19. The number of amides is 1. The normalized spacial score (nSPS) is 10.8. The van der Waals surface area contributed by atoms with Crippen LogP contribution in [-0.4, -0.2) is 16.1 Å². The van der Waals surface area contributed by atoms with Crippen LogP contribution in [0.5, 0.6) is 0 Å². The van der Waals surface area contributed by atoms with Gasteiger partial charge in [0.05, 0.1) is 0 Å². The number of rotatable bonds is 3. The third-order valence-corrected chi connectivity index (χ3v) is 2.33. The average Bonchev–Trinajstić information content (AvgIpc) is 2.83. The van der Waals surface area contributed by atoms with Crippen LogP contribution in [0, 0.1) is 11.6 Å². The summed E-state index contributed by atoms with van der Waals surface area (Å²) in [5.74, 6) is -2.72. The van der Waals surface area contributed by atoms with Gasteiger partial charge in [0.1, 0.15) is 17.3 Å². The lowest BCUT2D eigenvalue weighted by Gasteiger charge is -2.04. The molecular formula is C12H11F2N3O2. The first-order valence-corrected chi connectivity index (χ1v) is 5.57. The molecular weight excluding hydrogens is 256 g/mol. The minimum absolute atomic E-state index is 0.0424. The second-order valence-corrected chi connectivity index (χ2v) is 4.15. The van der Waals surface area contributed by atoms with E-state index in [1.165, 1.54) is 6.07 Å². The Bertz CT molecular complexity index is 591. The Labute approximate surface area is 107 Å². The number of hydrogen-bond acceptors (Lipinski definition) is 4. The van der Waals surface area contributed by atoms with Crippen LogP contribution in [0.1, 0.15) is 36.3 Å². The molecule has 1 aromatic heterocycles. The molecule has 7 heteroatoms. The van der Waals surface area contributed by atoms with Crippen LogP contribution in [0.3, 0.4) is 0 Å². The van der Waals surface area contributed by atoms with Crippen molar-refractivity contribution >= 4 is 11.6 Å². The van der Waals surface area contributed by atoms with Crippen molar-refractivity contribution in [3.05, 3.63) is 41.6 Å². The molecule has 0 atom stereocenters. The van der Waals surface area contributed by atoms with Gasteiger partial charge in [0.25, 0.3) is 0 Å². The molecule has 2 aromatic rings. The molecule has 2 rings (SSSR count). The van der Waals surface area contributed by atoms with Crippen LogP contribution in [0.4, 0.5) is 14.5 Å². The SMILES string of the molecule is CC(C)c1nnc(C(=O)Nc2c(F)cccc2F)o1. The molecule has 19 heavy (non-hydrogen) atoms. The molecule has 0 aliphatic rings. The Morgan fingerprint density at radius 2 is 1.89 bits per heavy atom. The summed E-state index contributed by atoms with van der Waals surface area (Å²) in [6.45, 7) is 3.62. The first-order chi connectivity index (χ1) is 8.99. The maximum absolute atomic E-state index is 13.3. The molecule has 0 fully saturated rings. The van der Waals surface area contributed by atoms with Crippen molar-refractivity contribution < 1.29 is 18.0 Å². The van der Waals surface area contributed by atoms with Gasteiger partial charge in [-0.25, -0.2) is 8.78 Å². The number of halogens is 2. The Morgan fingerprint density at radius 1 is 1.26 bits per heavy atom. The van der Waals surface area contributed by atoms with Crippen molar-refractivity contribution in [1.82, 2.24) is 10.2 Å². The predicted octanol–water partition coefficient (Wildman–Crippen LogP) is 2.72. The standard InChI is InChI=1S/C12H11F2N3O2/c1-6(2)11-16-17-12(19-11)10(18)15-9-7(13)4-3-5-8(9)14/h3-6H,1-2H3,(H,15,18). The average molecular weight is 267 g/mol. The molecule has 0 aliphatic carbocycles. The van der Waals surface area contributed by atoms with E-state index >= 15 is 0 Å². The fraction of sp³-hybridized carbons (Fsp3) is 0.250. The van der Waals surface area contributed by atoms with Crippen molar-refractivity contribution in [2.24, 2.45) is 0 Å². The molecule has 0 spiro atoms. The topological polar surface area (TPSA) is 68.0 Å². The van der Waals surface area contributed by atoms with E-state index in [0.29, 0.717) is 0 Å². The van der Waals surface area contributed by atoms with Crippen LogP contribution in [-0.2, 0) is 0 Å². The lowest BCUT2D eigenvalue weighted by molar-refractivity contribution is 0.0987. The smallest absolute Gasteiger partial charge is 0.313 e. The van der Waals surface area contributed by atoms with Gasteiger partial charge in [-0.3, -0.25) is 4.79 Å². The summed E-state index contributed by atoms with van der Waals surface area (Å²) in [6, 6.07) is 3.27. The molecule has 0 bridgehead atoms. The number of carbonyl (C=O) groups is 1. The summed E-state index contributed by atoms with van der Waals surface area (Å²) >= 11 is 0. The number of hydrogen-bond donors (Lipinski definition) is 1. The molecule has 0 saturated heterocycles. The van der Waals surface area contributed by atoms with E-state index in [4.69, 9.17) is 4.42 Å². The monoisotopic (exact) mass is 267 g/mol. The van der Waals surface area contributed by atoms with E-state index < -0.39 is 23.2 Å². The van der Waals surface area contributed by atoms with Crippen molar-refractivity contribution in [1.29, 1.82) is 0 Å². The first-order valence-electron chi connectivity index (χ1n) is 5.57. The first kappa shape index (κ1) is 13.1. The van der Waals surface area contributed by atoms with E-state index in [-0.39, 0.29) is 17.7 Å². The molecule has 0 saturated carbocycles. The van der Waals surface area contributed by atoms with Crippen LogP contribution >= 0.6 is 0 Å². The Balaban J connectivity index is 2.21. The number of nitrogens with zero attached hydrogens (tertiary/aromatic N) is 2. The van der Waals surface area contributed by atoms with Crippen LogP contribution in [0.25, 0.3) is 0 Å². The van der Waals surface area contributed by atoms with E-state index in [1.807, 2.05) is 13.8 Å². The second kappa shape index (κ2) is 5.13. The van der Waals surface area contributed by atoms with Gasteiger partial charge in [-0.1, -0.05) is 19.9 Å². The Morgan fingerprint density at radius 3 is 2.42 bits per heavy atom. The summed E-state index contributed by atoms with van der Waals surface area (Å²) in [4.78, 5) is 11.7. The maximum Gasteiger partial charge on any atom is 0.313 e. The van der Waals surface area contributed by atoms with Crippen molar-refractivity contribution in [2.75, 3.05) is 5.32 Å². The van der Waals surface area contributed by atoms with Crippen LogP contribution in [0.15, 0.2) is 22.6 Å². The quantitative estimate of drug-likeness (QED) is 0.928. The summed E-state index contributed by atoms with van der Waals surface area (Å²) in [7, 11) is 0. The molecule has 0 unspecified atom stereocenters. The van der Waals surface area contributed by atoms with Crippen molar-refractivity contribution in [3.8, 4) is 0 Å². The maximum atomic E-state index is 13.3. The fourth-order valence-electron chi connectivity index (χ4n) is 1.34. The zero-order chi connectivity index (χ0) is 14.0. The highest BCUT2D eigenvalue weighted by atomic mass is 19.1. The van der Waals surface area contributed by atoms with E-state index in [9.17, 15) is 13.6 Å². The van der Waals surface area contributed by atoms with Gasteiger partial charge in [-0.2, -0.15) is 0 Å². The Kier molecular flexibility index (Phi) is 3.55. The number of aromatic nitrogens is 2. The molecule has 1 N–H and O–H groups in total. The zero-order valence-electron chi connectivity index (χ0n) is 10.3. The van der Waals surface area contributed by atoms with E-state index in [0.717, 1.165) is 12.1 Å². The number of benzene rings is 1. The fourth-order valence-corrected chi connectivity index (χ4v) is 1.34. The summed E-state index contributed by atoms with van der Waals surface area (Å²) in [5.41, 5.74) is -0.545. The van der Waals surface area contributed by atoms with Gasteiger partial charge in [0.15, 0.2) is 0 Å². The van der Waals surface area contributed by atoms with Gasteiger partial charge in [-0.15, -0.1) is 10.2 Å². The predicted molar refractivity (Wildman–Crippen MR) is 62.7 cm³/mol. The number of anilines is 1. The molecule has 1 aromatic carbocycles. The van der Waals surface area contributed by atoms with Crippen LogP contribution in [0.2, 0.25) is 0 Å². The van der Waals surface area contributed by atoms with E-state index in [2.05, 4.69) is 15.5 Å². The highest BCUT2D eigenvalue weighted by Crippen LogP contribution is 2.19. The summed E-state index contributed by atoms with van der Waals surface area (Å²) in [5, 5.41) is 9.24. The molecule has 1 amide bonds. The summed E-state index contributed by atoms with van der Waals surface area (Å²) < 4.78 is 31.8. The minimum Gasteiger partial charge on any atom is -0.417 e. The van der Waals surface area contributed by atoms with Gasteiger partial charge >= 0.3 is 11.8 Å². The van der Waals surface area contributed by atoms with Gasteiger partial charge in [0, 0.05) is 5.92 Å². The molecule has 100 valence electrons. The molecule has 1 heterocycles.